The number of rotatable bonds is 5. The van der Waals surface area contributed by atoms with Gasteiger partial charge < -0.3 is 20.7 Å². The highest BCUT2D eigenvalue weighted by Crippen LogP contribution is 2.32. The summed E-state index contributed by atoms with van der Waals surface area (Å²) in [5.74, 6) is 1.39. The number of nitrogens with zero attached hydrogens (tertiary/aromatic N) is 5. The third-order valence-electron chi connectivity index (χ3n) is 4.69. The second kappa shape index (κ2) is 10.5. The molecule has 0 radical (unpaired) electrons. The van der Waals surface area contributed by atoms with Gasteiger partial charge in [0.1, 0.15) is 17.1 Å². The van der Waals surface area contributed by atoms with Gasteiger partial charge in [-0.15, -0.1) is 10.2 Å². The first-order chi connectivity index (χ1) is 14.2. The van der Waals surface area contributed by atoms with E-state index >= 15 is 0 Å². The number of carbonyl (C=O) groups is 1. The number of carbonyl (C=O) groups excluding carboxylic acids is 1. The Kier molecular flexibility index (Phi) is 7.46. The number of hydrogen-bond acceptors (Lipinski definition) is 9. The Balaban J connectivity index is 0.000000224. The Morgan fingerprint density at radius 1 is 1.21 bits per heavy atom. The molecule has 0 saturated carbocycles. The quantitative estimate of drug-likeness (QED) is 0.617. The topological polar surface area (TPSA) is 110 Å². The molecule has 0 atom stereocenters. The predicted molar refractivity (Wildman–Crippen MR) is 116 cm³/mol. The van der Waals surface area contributed by atoms with Crippen molar-refractivity contribution >= 4 is 34.3 Å². The van der Waals surface area contributed by atoms with Crippen LogP contribution in [-0.2, 0) is 11.2 Å². The second-order valence-electron chi connectivity index (χ2n) is 6.58. The number of anilines is 3. The van der Waals surface area contributed by atoms with E-state index in [2.05, 4.69) is 36.4 Å². The fourth-order valence-corrected chi connectivity index (χ4v) is 3.90. The first kappa shape index (κ1) is 20.7. The zero-order valence-electron chi connectivity index (χ0n) is 16.4. The predicted octanol–water partition coefficient (Wildman–Crippen LogP) is 2.76. The van der Waals surface area contributed by atoms with Crippen molar-refractivity contribution in [2.24, 2.45) is 0 Å². The minimum Gasteiger partial charge on any atom is -0.374 e. The Labute approximate surface area is 174 Å². The molecule has 1 saturated heterocycles. The summed E-state index contributed by atoms with van der Waals surface area (Å²) in [5, 5.41) is 12.7. The molecule has 3 aromatic rings. The van der Waals surface area contributed by atoms with Crippen LogP contribution in [0.2, 0.25) is 0 Å². The molecule has 9 heteroatoms. The molecule has 3 aromatic heterocycles. The average Bonchev–Trinajstić information content (AvgIpc) is 3.22. The van der Waals surface area contributed by atoms with Gasteiger partial charge in [-0.3, -0.25) is 4.98 Å². The van der Waals surface area contributed by atoms with Crippen LogP contribution < -0.4 is 16.0 Å². The van der Waals surface area contributed by atoms with Gasteiger partial charge in [-0.25, -0.2) is 4.98 Å². The monoisotopic (exact) mass is 411 g/mol. The zero-order chi connectivity index (χ0) is 20.5. The normalized spacial score (nSPS) is 14.0. The van der Waals surface area contributed by atoms with Crippen LogP contribution in [0.4, 0.5) is 16.6 Å². The number of nitrogens with one attached hydrogen (secondary N) is 1. The first-order valence-corrected chi connectivity index (χ1v) is 10.3. The van der Waals surface area contributed by atoms with Crippen LogP contribution in [0, 0.1) is 0 Å². The lowest BCUT2D eigenvalue weighted by atomic mass is 9.97. The standard InChI is InChI=1S/C13H18N6S.C7H7NO/c1-15-11-3-2-10(8-16-11)19-6-4-9(5-7-19)12-17-18-13(14)20-12;9-6-4-7-3-1-2-5-8-7/h2-3,8-9H,4-7H2,1H3,(H2,14,18)(H,15,16);1-3,5-6H,4H2. The van der Waals surface area contributed by atoms with Crippen LogP contribution in [0.5, 0.6) is 0 Å². The molecule has 4 heterocycles. The minimum absolute atomic E-state index is 0.417. The maximum absolute atomic E-state index is 9.93. The van der Waals surface area contributed by atoms with Crippen molar-refractivity contribution in [3.05, 3.63) is 53.4 Å². The number of aldehydes is 1. The summed E-state index contributed by atoms with van der Waals surface area (Å²) in [4.78, 5) is 20.6. The van der Waals surface area contributed by atoms with E-state index < -0.39 is 0 Å². The number of nitrogens with two attached hydrogens (primary N) is 1. The van der Waals surface area contributed by atoms with Gasteiger partial charge in [0.25, 0.3) is 0 Å². The summed E-state index contributed by atoms with van der Waals surface area (Å²) >= 11 is 1.51. The van der Waals surface area contributed by atoms with E-state index in [0.29, 0.717) is 17.5 Å². The summed E-state index contributed by atoms with van der Waals surface area (Å²) in [7, 11) is 1.88. The Hall–Kier alpha value is -3.07. The van der Waals surface area contributed by atoms with Crippen LogP contribution in [0.25, 0.3) is 0 Å². The van der Waals surface area contributed by atoms with Gasteiger partial charge in [-0.2, -0.15) is 0 Å². The van der Waals surface area contributed by atoms with Crippen molar-refractivity contribution in [1.82, 2.24) is 20.2 Å². The molecule has 1 fully saturated rings. The summed E-state index contributed by atoms with van der Waals surface area (Å²) in [6.45, 7) is 2.04. The van der Waals surface area contributed by atoms with E-state index in [4.69, 9.17) is 5.73 Å². The zero-order valence-corrected chi connectivity index (χ0v) is 17.2. The number of piperidine rings is 1. The molecular weight excluding hydrogens is 386 g/mol. The van der Waals surface area contributed by atoms with Crippen molar-refractivity contribution in [3.63, 3.8) is 0 Å². The number of hydrogen-bond donors (Lipinski definition) is 2. The maximum Gasteiger partial charge on any atom is 0.203 e. The lowest BCUT2D eigenvalue weighted by molar-refractivity contribution is -0.107. The summed E-state index contributed by atoms with van der Waals surface area (Å²) in [6, 6.07) is 9.64. The Morgan fingerprint density at radius 2 is 2.03 bits per heavy atom. The van der Waals surface area contributed by atoms with Gasteiger partial charge in [0, 0.05) is 44.4 Å². The van der Waals surface area contributed by atoms with Crippen molar-refractivity contribution in [1.29, 1.82) is 0 Å². The third kappa shape index (κ3) is 5.95. The molecular formula is C20H25N7OS. The van der Waals surface area contributed by atoms with Gasteiger partial charge >= 0.3 is 0 Å². The van der Waals surface area contributed by atoms with Crippen LogP contribution in [0.15, 0.2) is 42.7 Å². The lowest BCUT2D eigenvalue weighted by Crippen LogP contribution is -2.32. The highest BCUT2D eigenvalue weighted by atomic mass is 32.1. The molecule has 0 spiro atoms. The molecule has 152 valence electrons. The SMILES string of the molecule is CNc1ccc(N2CCC(c3nnc(N)s3)CC2)cn1.O=CCc1ccccn1. The maximum atomic E-state index is 9.93. The molecule has 1 aliphatic rings. The smallest absolute Gasteiger partial charge is 0.203 e. The van der Waals surface area contributed by atoms with Crippen molar-refractivity contribution in [2.45, 2.75) is 25.2 Å². The number of pyridine rings is 2. The molecule has 0 bridgehead atoms. The molecule has 29 heavy (non-hydrogen) atoms. The van der Waals surface area contributed by atoms with Crippen molar-refractivity contribution in [3.8, 4) is 0 Å². The van der Waals surface area contributed by atoms with Gasteiger partial charge in [0.2, 0.25) is 5.13 Å². The number of aromatic nitrogens is 4. The molecule has 8 nitrogen and oxygen atoms in total. The largest absolute Gasteiger partial charge is 0.374 e. The molecule has 0 aliphatic carbocycles. The number of nitrogen functional groups attached to an aromatic ring is 1. The van der Waals surface area contributed by atoms with Crippen LogP contribution >= 0.6 is 11.3 Å². The molecule has 0 amide bonds. The fraction of sp³-hybridized carbons (Fsp3) is 0.350. The summed E-state index contributed by atoms with van der Waals surface area (Å²) < 4.78 is 0. The Morgan fingerprint density at radius 3 is 2.59 bits per heavy atom. The van der Waals surface area contributed by atoms with Crippen LogP contribution in [-0.4, -0.2) is 46.6 Å². The van der Waals surface area contributed by atoms with E-state index in [9.17, 15) is 4.79 Å². The summed E-state index contributed by atoms with van der Waals surface area (Å²) in [6.07, 6.45) is 7.04. The third-order valence-corrected chi connectivity index (χ3v) is 5.60. The Bertz CT molecular complexity index is 877. The van der Waals surface area contributed by atoms with E-state index in [1.807, 2.05) is 37.5 Å². The highest BCUT2D eigenvalue weighted by molar-refractivity contribution is 7.15. The average molecular weight is 412 g/mol. The lowest BCUT2D eigenvalue weighted by Gasteiger charge is -2.32. The highest BCUT2D eigenvalue weighted by Gasteiger charge is 2.23. The van der Waals surface area contributed by atoms with Crippen LogP contribution in [0.3, 0.4) is 0 Å². The van der Waals surface area contributed by atoms with Crippen molar-refractivity contribution in [2.75, 3.05) is 36.1 Å². The van der Waals surface area contributed by atoms with Gasteiger partial charge in [-0.1, -0.05) is 17.4 Å². The summed E-state index contributed by atoms with van der Waals surface area (Å²) in [5.41, 5.74) is 7.66. The van der Waals surface area contributed by atoms with E-state index in [0.717, 1.165) is 48.7 Å². The van der Waals surface area contributed by atoms with Gasteiger partial charge in [-0.05, 0) is 37.1 Å². The van der Waals surface area contributed by atoms with E-state index in [1.165, 1.54) is 17.0 Å². The van der Waals surface area contributed by atoms with E-state index in [-0.39, 0.29) is 0 Å². The van der Waals surface area contributed by atoms with Crippen molar-refractivity contribution < 1.29 is 4.79 Å². The molecule has 0 unspecified atom stereocenters. The van der Waals surface area contributed by atoms with Gasteiger partial charge in [0.05, 0.1) is 11.9 Å². The molecule has 0 aromatic carbocycles. The first-order valence-electron chi connectivity index (χ1n) is 9.50. The molecule has 4 rings (SSSR count). The van der Waals surface area contributed by atoms with Crippen LogP contribution in [0.1, 0.15) is 29.5 Å². The molecule has 1 aliphatic heterocycles. The fourth-order valence-electron chi connectivity index (χ4n) is 3.12. The molecule has 3 N–H and O–H groups in total. The van der Waals surface area contributed by atoms with E-state index in [1.54, 1.807) is 6.20 Å². The van der Waals surface area contributed by atoms with Gasteiger partial charge in [0.15, 0.2) is 0 Å². The second-order valence-corrected chi connectivity index (χ2v) is 7.62. The minimum atomic E-state index is 0.417.